The summed E-state index contributed by atoms with van der Waals surface area (Å²) in [6.07, 6.45) is 0. The molecule has 0 aliphatic carbocycles. The molecule has 0 fully saturated rings. The van der Waals surface area contributed by atoms with E-state index in [-0.39, 0.29) is 17.9 Å². The van der Waals surface area contributed by atoms with Gasteiger partial charge in [0.05, 0.1) is 0 Å². The Morgan fingerprint density at radius 1 is 0.913 bits per heavy atom. The van der Waals surface area contributed by atoms with E-state index in [0.717, 1.165) is 11.1 Å². The van der Waals surface area contributed by atoms with Gasteiger partial charge >= 0.3 is 0 Å². The maximum atomic E-state index is 12.1. The van der Waals surface area contributed by atoms with Crippen LogP contribution in [0.15, 0.2) is 48.5 Å². The number of carbonyl (C=O) groups is 2. The number of carbonyl (C=O) groups excluding carboxylic acids is 2. The van der Waals surface area contributed by atoms with Gasteiger partial charge in [-0.25, -0.2) is 0 Å². The van der Waals surface area contributed by atoms with Crippen LogP contribution in [0, 0.1) is 13.8 Å². The van der Waals surface area contributed by atoms with Gasteiger partial charge < -0.3 is 10.6 Å². The molecule has 0 saturated carbocycles. The fourth-order valence-electron chi connectivity index (χ4n) is 2.28. The molecule has 0 aliphatic rings. The second kappa shape index (κ2) is 7.58. The molecule has 120 valence electrons. The van der Waals surface area contributed by atoms with Gasteiger partial charge in [-0.3, -0.25) is 9.59 Å². The van der Waals surface area contributed by atoms with E-state index in [4.69, 9.17) is 0 Å². The number of hydrogen-bond donors (Lipinski definition) is 2. The lowest BCUT2D eigenvalue weighted by atomic mass is 10.1. The van der Waals surface area contributed by atoms with E-state index in [9.17, 15) is 9.59 Å². The highest BCUT2D eigenvalue weighted by atomic mass is 16.2. The van der Waals surface area contributed by atoms with Gasteiger partial charge in [-0.05, 0) is 45.0 Å². The first-order valence-corrected chi connectivity index (χ1v) is 7.68. The Morgan fingerprint density at radius 2 is 1.43 bits per heavy atom. The molecule has 0 spiro atoms. The van der Waals surface area contributed by atoms with Crippen molar-refractivity contribution in [2.75, 3.05) is 6.54 Å². The Hall–Kier alpha value is -2.62. The van der Waals surface area contributed by atoms with Crippen molar-refractivity contribution in [3.05, 3.63) is 70.8 Å². The van der Waals surface area contributed by atoms with E-state index in [1.165, 1.54) is 0 Å². The third-order valence-corrected chi connectivity index (χ3v) is 3.51. The van der Waals surface area contributed by atoms with E-state index in [1.807, 2.05) is 57.2 Å². The van der Waals surface area contributed by atoms with Crippen LogP contribution < -0.4 is 10.6 Å². The summed E-state index contributed by atoms with van der Waals surface area (Å²) in [5, 5.41) is 5.73. The van der Waals surface area contributed by atoms with Crippen molar-refractivity contribution < 1.29 is 9.59 Å². The van der Waals surface area contributed by atoms with Crippen molar-refractivity contribution in [3.63, 3.8) is 0 Å². The topological polar surface area (TPSA) is 58.2 Å². The summed E-state index contributed by atoms with van der Waals surface area (Å²) >= 11 is 0. The number of benzene rings is 2. The van der Waals surface area contributed by atoms with Crippen LogP contribution in [0.2, 0.25) is 0 Å². The standard InChI is InChI=1S/C19H22N2O2/c1-13-6-4-8-16(10-13)18(22)20-12-15(3)21-19(23)17-9-5-7-14(2)11-17/h4-11,15H,12H2,1-3H3,(H,20,22)(H,21,23)/t15-/m1/s1. The minimum atomic E-state index is -0.156. The highest BCUT2D eigenvalue weighted by molar-refractivity contribution is 5.95. The Balaban J connectivity index is 1.86. The maximum absolute atomic E-state index is 12.1. The van der Waals surface area contributed by atoms with Crippen LogP contribution in [-0.2, 0) is 0 Å². The highest BCUT2D eigenvalue weighted by Gasteiger charge is 2.11. The number of rotatable bonds is 5. The van der Waals surface area contributed by atoms with Crippen LogP contribution in [0.3, 0.4) is 0 Å². The van der Waals surface area contributed by atoms with E-state index < -0.39 is 0 Å². The summed E-state index contributed by atoms with van der Waals surface area (Å²) in [6.45, 7) is 6.14. The third-order valence-electron chi connectivity index (χ3n) is 3.51. The fourth-order valence-corrected chi connectivity index (χ4v) is 2.28. The molecule has 0 aromatic heterocycles. The lowest BCUT2D eigenvalue weighted by Crippen LogP contribution is -2.41. The van der Waals surface area contributed by atoms with Gasteiger partial charge in [-0.15, -0.1) is 0 Å². The van der Waals surface area contributed by atoms with Crippen molar-refractivity contribution in [2.24, 2.45) is 0 Å². The van der Waals surface area contributed by atoms with Gasteiger partial charge in [-0.1, -0.05) is 35.4 Å². The van der Waals surface area contributed by atoms with Gasteiger partial charge in [-0.2, -0.15) is 0 Å². The van der Waals surface area contributed by atoms with Crippen LogP contribution in [0.1, 0.15) is 38.8 Å². The molecule has 0 radical (unpaired) electrons. The summed E-state index contributed by atoms with van der Waals surface area (Å²) in [4.78, 5) is 24.2. The van der Waals surface area contributed by atoms with Gasteiger partial charge in [0.2, 0.25) is 0 Å². The summed E-state index contributed by atoms with van der Waals surface area (Å²) in [5.74, 6) is -0.267. The Bertz CT molecular complexity index is 710. The molecule has 2 N–H and O–H groups in total. The molecule has 4 nitrogen and oxygen atoms in total. The smallest absolute Gasteiger partial charge is 0.251 e. The van der Waals surface area contributed by atoms with Crippen LogP contribution >= 0.6 is 0 Å². The first-order valence-electron chi connectivity index (χ1n) is 7.68. The first-order chi connectivity index (χ1) is 11.0. The molecule has 4 heteroatoms. The number of amides is 2. The van der Waals surface area contributed by atoms with Crippen molar-refractivity contribution in [1.29, 1.82) is 0 Å². The van der Waals surface area contributed by atoms with Gasteiger partial charge in [0.1, 0.15) is 0 Å². The summed E-state index contributed by atoms with van der Waals surface area (Å²) in [6, 6.07) is 14.7. The molecule has 2 rings (SSSR count). The fraction of sp³-hybridized carbons (Fsp3) is 0.263. The molecule has 0 unspecified atom stereocenters. The highest BCUT2D eigenvalue weighted by Crippen LogP contribution is 2.05. The van der Waals surface area contributed by atoms with Gasteiger partial charge in [0.25, 0.3) is 11.8 Å². The minimum absolute atomic E-state index is 0.133. The lowest BCUT2D eigenvalue weighted by Gasteiger charge is -2.15. The molecule has 23 heavy (non-hydrogen) atoms. The predicted octanol–water partition coefficient (Wildman–Crippen LogP) is 2.85. The quantitative estimate of drug-likeness (QED) is 0.892. The average Bonchev–Trinajstić information content (AvgIpc) is 2.52. The van der Waals surface area contributed by atoms with E-state index in [1.54, 1.807) is 12.1 Å². The second-order valence-corrected chi connectivity index (χ2v) is 5.82. The second-order valence-electron chi connectivity index (χ2n) is 5.82. The number of aryl methyl sites for hydroxylation is 2. The molecule has 2 aromatic rings. The van der Waals surface area contributed by atoms with Gasteiger partial charge in [0.15, 0.2) is 0 Å². The monoisotopic (exact) mass is 310 g/mol. The van der Waals surface area contributed by atoms with Gasteiger partial charge in [0, 0.05) is 23.7 Å². The SMILES string of the molecule is Cc1cccc(C(=O)NC[C@@H](C)NC(=O)c2cccc(C)c2)c1. The molecule has 2 amide bonds. The van der Waals surface area contributed by atoms with Crippen LogP contribution in [0.4, 0.5) is 0 Å². The zero-order valence-corrected chi connectivity index (χ0v) is 13.7. The zero-order chi connectivity index (χ0) is 16.8. The molecule has 0 bridgehead atoms. The number of hydrogen-bond acceptors (Lipinski definition) is 2. The minimum Gasteiger partial charge on any atom is -0.350 e. The normalized spacial score (nSPS) is 11.6. The van der Waals surface area contributed by atoms with Crippen molar-refractivity contribution in [3.8, 4) is 0 Å². The number of nitrogens with one attached hydrogen (secondary N) is 2. The average molecular weight is 310 g/mol. The van der Waals surface area contributed by atoms with Crippen LogP contribution in [0.5, 0.6) is 0 Å². The molecule has 2 aromatic carbocycles. The molecule has 1 atom stereocenters. The summed E-state index contributed by atoms with van der Waals surface area (Å²) in [7, 11) is 0. The van der Waals surface area contributed by atoms with E-state index in [0.29, 0.717) is 17.7 Å². The molecule has 0 aliphatic heterocycles. The van der Waals surface area contributed by atoms with Crippen molar-refractivity contribution in [1.82, 2.24) is 10.6 Å². The van der Waals surface area contributed by atoms with E-state index in [2.05, 4.69) is 10.6 Å². The summed E-state index contributed by atoms with van der Waals surface area (Å²) < 4.78 is 0. The predicted molar refractivity (Wildman–Crippen MR) is 91.6 cm³/mol. The molecule has 0 heterocycles. The first kappa shape index (κ1) is 16.7. The Labute approximate surface area is 136 Å². The Morgan fingerprint density at radius 3 is 1.96 bits per heavy atom. The summed E-state index contributed by atoms with van der Waals surface area (Å²) in [5.41, 5.74) is 3.33. The third kappa shape index (κ3) is 4.95. The Kier molecular flexibility index (Phi) is 5.52. The lowest BCUT2D eigenvalue weighted by molar-refractivity contribution is 0.0912. The maximum Gasteiger partial charge on any atom is 0.251 e. The zero-order valence-electron chi connectivity index (χ0n) is 13.7. The van der Waals surface area contributed by atoms with E-state index >= 15 is 0 Å². The van der Waals surface area contributed by atoms with Crippen molar-refractivity contribution >= 4 is 11.8 Å². The van der Waals surface area contributed by atoms with Crippen LogP contribution in [-0.4, -0.2) is 24.4 Å². The van der Waals surface area contributed by atoms with Crippen molar-refractivity contribution in [2.45, 2.75) is 26.8 Å². The molecule has 0 saturated heterocycles. The van der Waals surface area contributed by atoms with Crippen LogP contribution in [0.25, 0.3) is 0 Å². The molecular weight excluding hydrogens is 288 g/mol. The largest absolute Gasteiger partial charge is 0.350 e. The molecular formula is C19H22N2O2.